The van der Waals surface area contributed by atoms with Gasteiger partial charge in [-0.05, 0) is 73.5 Å². The number of hydrogen-bond acceptors (Lipinski definition) is 7. The van der Waals surface area contributed by atoms with E-state index in [4.69, 9.17) is 18.9 Å². The van der Waals surface area contributed by atoms with E-state index in [1.807, 2.05) is 36.4 Å². The van der Waals surface area contributed by atoms with Gasteiger partial charge in [0, 0.05) is 6.42 Å². The lowest BCUT2D eigenvalue weighted by Crippen LogP contribution is -2.45. The minimum Gasteiger partial charge on any atom is -0.481 e. The highest BCUT2D eigenvalue weighted by atomic mass is 127. The van der Waals surface area contributed by atoms with Crippen LogP contribution in [0.1, 0.15) is 38.8 Å². The summed E-state index contributed by atoms with van der Waals surface area (Å²) >= 11 is 2.08. The average molecular weight is 583 g/mol. The number of ether oxygens (including phenoxy) is 4. The fourth-order valence-corrected chi connectivity index (χ4v) is 3.57. The van der Waals surface area contributed by atoms with Crippen LogP contribution >= 0.6 is 22.6 Å². The van der Waals surface area contributed by atoms with Gasteiger partial charge in [0.25, 0.3) is 0 Å². The minimum absolute atomic E-state index is 0.0876. The molecule has 0 bridgehead atoms. The largest absolute Gasteiger partial charge is 0.481 e. The van der Waals surface area contributed by atoms with Crippen LogP contribution < -0.4 is 10.1 Å². The number of benzene rings is 2. The first-order chi connectivity index (χ1) is 16.1. The van der Waals surface area contributed by atoms with Crippen molar-refractivity contribution in [3.8, 4) is 5.75 Å². The van der Waals surface area contributed by atoms with E-state index in [0.29, 0.717) is 5.75 Å². The van der Waals surface area contributed by atoms with Crippen LogP contribution in [0.25, 0.3) is 0 Å². The van der Waals surface area contributed by atoms with Crippen LogP contribution in [0.2, 0.25) is 0 Å². The normalized spacial score (nSPS) is 11.8. The highest BCUT2D eigenvalue weighted by Crippen LogP contribution is 2.23. The molecule has 0 aliphatic carbocycles. The summed E-state index contributed by atoms with van der Waals surface area (Å²) in [5.74, 6) is -0.516. The summed E-state index contributed by atoms with van der Waals surface area (Å²) in [5.41, 5.74) is 0.894. The Labute approximate surface area is 213 Å². The number of carbonyl (C=O) groups is 3. The van der Waals surface area contributed by atoms with Crippen LogP contribution in [0.15, 0.2) is 48.5 Å². The first-order valence-electron chi connectivity index (χ1n) is 10.8. The molecule has 1 atom stereocenters. The summed E-state index contributed by atoms with van der Waals surface area (Å²) in [4.78, 5) is 36.7. The molecule has 1 amide bonds. The molecule has 0 heterocycles. The van der Waals surface area contributed by atoms with Crippen LogP contribution in [0.5, 0.6) is 5.75 Å². The fourth-order valence-electron chi connectivity index (χ4n) is 2.84. The van der Waals surface area contributed by atoms with E-state index in [-0.39, 0.29) is 26.2 Å². The van der Waals surface area contributed by atoms with Crippen molar-refractivity contribution >= 4 is 40.6 Å². The van der Waals surface area contributed by atoms with Crippen LogP contribution in [-0.4, -0.2) is 42.9 Å². The fraction of sp³-hybridized carbons (Fsp3) is 0.400. The lowest BCUT2D eigenvalue weighted by Gasteiger charge is -2.23. The van der Waals surface area contributed by atoms with E-state index in [9.17, 15) is 14.4 Å². The minimum atomic E-state index is -0.958. The molecule has 1 unspecified atom stereocenters. The summed E-state index contributed by atoms with van der Waals surface area (Å²) in [6, 6.07) is 13.6. The third-order valence-corrected chi connectivity index (χ3v) is 5.13. The molecule has 0 aromatic heterocycles. The Morgan fingerprint density at radius 2 is 1.71 bits per heavy atom. The smallest absolute Gasteiger partial charge is 0.408 e. The maximum Gasteiger partial charge on any atom is 0.408 e. The Morgan fingerprint density at radius 1 is 1.00 bits per heavy atom. The molecule has 0 spiro atoms. The molecule has 1 N–H and O–H groups in total. The standard InChI is InChI=1S/C25H30INO7/c1-5-31-22(28)16-32-21-12-11-18(13-19(21)26)14-20(27-24(30)34-25(2,3)4)23(29)33-15-17-9-7-6-8-10-17/h6-13,20H,5,14-16H2,1-4H3,(H,27,30). The van der Waals surface area contributed by atoms with Gasteiger partial charge in [-0.2, -0.15) is 0 Å². The molecule has 0 fully saturated rings. The number of carbonyl (C=O) groups excluding carboxylic acids is 3. The second kappa shape index (κ2) is 13.2. The first kappa shape index (κ1) is 27.4. The lowest BCUT2D eigenvalue weighted by atomic mass is 10.1. The van der Waals surface area contributed by atoms with Gasteiger partial charge in [0.05, 0.1) is 10.2 Å². The molecule has 0 radical (unpaired) electrons. The second-order valence-electron chi connectivity index (χ2n) is 8.35. The molecule has 34 heavy (non-hydrogen) atoms. The van der Waals surface area contributed by atoms with Gasteiger partial charge in [-0.1, -0.05) is 36.4 Å². The molecule has 8 nitrogen and oxygen atoms in total. The molecule has 0 aliphatic heterocycles. The van der Waals surface area contributed by atoms with Crippen molar-refractivity contribution in [2.24, 2.45) is 0 Å². The zero-order valence-electron chi connectivity index (χ0n) is 19.8. The third kappa shape index (κ3) is 9.98. The van der Waals surface area contributed by atoms with Gasteiger partial charge < -0.3 is 24.3 Å². The second-order valence-corrected chi connectivity index (χ2v) is 9.52. The highest BCUT2D eigenvalue weighted by Gasteiger charge is 2.26. The zero-order valence-corrected chi connectivity index (χ0v) is 21.9. The summed E-state index contributed by atoms with van der Waals surface area (Å²) in [5, 5.41) is 2.62. The van der Waals surface area contributed by atoms with Crippen molar-refractivity contribution in [2.75, 3.05) is 13.2 Å². The summed E-state index contributed by atoms with van der Waals surface area (Å²) in [6.45, 7) is 7.13. The SMILES string of the molecule is CCOC(=O)COc1ccc(CC(NC(=O)OC(C)(C)C)C(=O)OCc2ccccc2)cc1I. The molecular weight excluding hydrogens is 553 g/mol. The van der Waals surface area contributed by atoms with E-state index >= 15 is 0 Å². The molecule has 0 aliphatic rings. The Kier molecular flexibility index (Phi) is 10.6. The van der Waals surface area contributed by atoms with Gasteiger partial charge in [0.15, 0.2) is 6.61 Å². The number of rotatable bonds is 10. The van der Waals surface area contributed by atoms with Crippen molar-refractivity contribution in [1.82, 2.24) is 5.32 Å². The molecule has 184 valence electrons. The number of hydrogen-bond donors (Lipinski definition) is 1. The van der Waals surface area contributed by atoms with Crippen LogP contribution in [0.4, 0.5) is 4.79 Å². The van der Waals surface area contributed by atoms with Gasteiger partial charge in [0.1, 0.15) is 24.0 Å². The Bertz CT molecular complexity index is 973. The Hall–Kier alpha value is -2.82. The quantitative estimate of drug-likeness (QED) is 0.251. The zero-order chi connectivity index (χ0) is 25.1. The van der Waals surface area contributed by atoms with Gasteiger partial charge in [0.2, 0.25) is 0 Å². The van der Waals surface area contributed by atoms with E-state index in [0.717, 1.165) is 14.7 Å². The molecule has 2 rings (SSSR count). The number of halogens is 1. The van der Waals surface area contributed by atoms with Crippen molar-refractivity contribution in [3.63, 3.8) is 0 Å². The van der Waals surface area contributed by atoms with Crippen molar-refractivity contribution in [1.29, 1.82) is 0 Å². The topological polar surface area (TPSA) is 100 Å². The molecule has 0 saturated carbocycles. The van der Waals surface area contributed by atoms with Crippen molar-refractivity contribution in [2.45, 2.75) is 52.4 Å². The van der Waals surface area contributed by atoms with Crippen LogP contribution in [0.3, 0.4) is 0 Å². The Morgan fingerprint density at radius 3 is 2.32 bits per heavy atom. The van der Waals surface area contributed by atoms with E-state index in [1.54, 1.807) is 39.8 Å². The predicted octanol–water partition coefficient (Wildman–Crippen LogP) is 4.41. The van der Waals surface area contributed by atoms with Crippen molar-refractivity contribution < 1.29 is 33.3 Å². The molecule has 2 aromatic carbocycles. The lowest BCUT2D eigenvalue weighted by molar-refractivity contribution is -0.147. The highest BCUT2D eigenvalue weighted by molar-refractivity contribution is 14.1. The number of alkyl carbamates (subject to hydrolysis) is 1. The first-order valence-corrected chi connectivity index (χ1v) is 11.9. The molecule has 0 saturated heterocycles. The van der Waals surface area contributed by atoms with E-state index in [2.05, 4.69) is 27.9 Å². The molecular formula is C25H30INO7. The van der Waals surface area contributed by atoms with Crippen molar-refractivity contribution in [3.05, 3.63) is 63.2 Å². The maximum absolute atomic E-state index is 12.8. The van der Waals surface area contributed by atoms with Crippen LogP contribution in [0, 0.1) is 3.57 Å². The van der Waals surface area contributed by atoms with Gasteiger partial charge >= 0.3 is 18.0 Å². The van der Waals surface area contributed by atoms with Gasteiger partial charge in [-0.15, -0.1) is 0 Å². The van der Waals surface area contributed by atoms with Crippen LogP contribution in [-0.2, 0) is 36.8 Å². The predicted molar refractivity (Wildman–Crippen MR) is 134 cm³/mol. The average Bonchev–Trinajstić information content (AvgIpc) is 2.76. The molecule has 9 heteroatoms. The van der Waals surface area contributed by atoms with Gasteiger partial charge in [-0.3, -0.25) is 0 Å². The summed E-state index contributed by atoms with van der Waals surface area (Å²) in [6.07, 6.45) is -0.528. The maximum atomic E-state index is 12.8. The Balaban J connectivity index is 2.10. The molecule has 2 aromatic rings. The van der Waals surface area contributed by atoms with E-state index in [1.165, 1.54) is 0 Å². The monoisotopic (exact) mass is 583 g/mol. The summed E-state index contributed by atoms with van der Waals surface area (Å²) in [7, 11) is 0. The third-order valence-electron chi connectivity index (χ3n) is 4.29. The van der Waals surface area contributed by atoms with E-state index < -0.39 is 29.7 Å². The van der Waals surface area contributed by atoms with Gasteiger partial charge in [-0.25, -0.2) is 14.4 Å². The summed E-state index contributed by atoms with van der Waals surface area (Å²) < 4.78 is 21.9. The number of nitrogens with one attached hydrogen (secondary N) is 1. The number of amides is 1. The number of esters is 2.